The molecule has 2 saturated heterocycles. The molecule has 5 nitrogen and oxygen atoms in total. The first-order chi connectivity index (χ1) is 13.3. The molecule has 5 heteroatoms. The van der Waals surface area contributed by atoms with Gasteiger partial charge in [0, 0.05) is 44.1 Å². The summed E-state index contributed by atoms with van der Waals surface area (Å²) >= 11 is 0. The van der Waals surface area contributed by atoms with Crippen LogP contribution in [0.3, 0.4) is 0 Å². The highest BCUT2D eigenvalue weighted by Crippen LogP contribution is 2.28. The van der Waals surface area contributed by atoms with Gasteiger partial charge in [-0.3, -0.25) is 9.59 Å². The lowest BCUT2D eigenvalue weighted by atomic mass is 9.96. The summed E-state index contributed by atoms with van der Waals surface area (Å²) in [7, 11) is 0. The standard InChI is InChI=1S/C23H35N3O2/c1-16(2)12-20-10-11-26(22(20)27)21(13-19-8-6-5-7-9-19)23(28)25-14-17(3)24-18(4)15-25/h5-9,16-18,20-21,24H,10-15H2,1-4H3. The summed E-state index contributed by atoms with van der Waals surface area (Å²) < 4.78 is 0. The minimum Gasteiger partial charge on any atom is -0.338 e. The number of amides is 2. The number of hydrogen-bond donors (Lipinski definition) is 1. The molecule has 28 heavy (non-hydrogen) atoms. The fourth-order valence-corrected chi connectivity index (χ4v) is 4.75. The van der Waals surface area contributed by atoms with Gasteiger partial charge in [0.15, 0.2) is 0 Å². The second kappa shape index (κ2) is 9.08. The quantitative estimate of drug-likeness (QED) is 0.819. The van der Waals surface area contributed by atoms with Crippen LogP contribution in [0.25, 0.3) is 0 Å². The van der Waals surface area contributed by atoms with E-state index in [-0.39, 0.29) is 29.8 Å². The molecule has 0 saturated carbocycles. The minimum atomic E-state index is -0.399. The first-order valence-electron chi connectivity index (χ1n) is 10.7. The zero-order chi connectivity index (χ0) is 20.3. The number of nitrogens with zero attached hydrogens (tertiary/aromatic N) is 2. The molecule has 0 radical (unpaired) electrons. The first kappa shape index (κ1) is 20.8. The van der Waals surface area contributed by atoms with E-state index >= 15 is 0 Å². The molecule has 2 heterocycles. The Hall–Kier alpha value is -1.88. The Morgan fingerprint density at radius 3 is 2.39 bits per heavy atom. The lowest BCUT2D eigenvalue weighted by Crippen LogP contribution is -2.60. The minimum absolute atomic E-state index is 0.0620. The molecular formula is C23H35N3O2. The zero-order valence-electron chi connectivity index (χ0n) is 17.7. The van der Waals surface area contributed by atoms with E-state index in [0.717, 1.165) is 18.4 Å². The summed E-state index contributed by atoms with van der Waals surface area (Å²) in [4.78, 5) is 30.5. The van der Waals surface area contributed by atoms with Crippen molar-refractivity contribution >= 4 is 11.8 Å². The van der Waals surface area contributed by atoms with E-state index in [9.17, 15) is 9.59 Å². The van der Waals surface area contributed by atoms with Crippen LogP contribution >= 0.6 is 0 Å². The van der Waals surface area contributed by atoms with Gasteiger partial charge in [0.1, 0.15) is 6.04 Å². The maximum Gasteiger partial charge on any atom is 0.245 e. The normalized spacial score (nSPS) is 26.8. The van der Waals surface area contributed by atoms with Gasteiger partial charge in [-0.05, 0) is 38.2 Å². The predicted octanol–water partition coefficient (Wildman–Crippen LogP) is 2.70. The summed E-state index contributed by atoms with van der Waals surface area (Å²) in [6, 6.07) is 10.2. The predicted molar refractivity (Wildman–Crippen MR) is 112 cm³/mol. The van der Waals surface area contributed by atoms with Crippen molar-refractivity contribution in [2.45, 2.75) is 65.1 Å². The third kappa shape index (κ3) is 4.93. The van der Waals surface area contributed by atoms with Gasteiger partial charge in [-0.1, -0.05) is 44.2 Å². The molecule has 1 N–H and O–H groups in total. The van der Waals surface area contributed by atoms with Crippen LogP contribution in [-0.2, 0) is 16.0 Å². The van der Waals surface area contributed by atoms with Gasteiger partial charge >= 0.3 is 0 Å². The van der Waals surface area contributed by atoms with E-state index in [1.807, 2.05) is 28.0 Å². The van der Waals surface area contributed by atoms with Gasteiger partial charge in [0.05, 0.1) is 0 Å². The number of carbonyl (C=O) groups is 2. The monoisotopic (exact) mass is 385 g/mol. The lowest BCUT2D eigenvalue weighted by molar-refractivity contribution is -0.146. The van der Waals surface area contributed by atoms with Crippen LogP contribution in [0.1, 0.15) is 46.1 Å². The van der Waals surface area contributed by atoms with E-state index in [0.29, 0.717) is 32.0 Å². The summed E-state index contributed by atoms with van der Waals surface area (Å²) in [5.74, 6) is 0.820. The molecule has 0 aliphatic carbocycles. The summed E-state index contributed by atoms with van der Waals surface area (Å²) in [6.45, 7) is 10.6. The first-order valence-corrected chi connectivity index (χ1v) is 10.7. The number of nitrogens with one attached hydrogen (secondary N) is 1. The fourth-order valence-electron chi connectivity index (χ4n) is 4.75. The van der Waals surface area contributed by atoms with Crippen molar-refractivity contribution in [1.82, 2.24) is 15.1 Å². The van der Waals surface area contributed by atoms with Crippen LogP contribution in [0, 0.1) is 11.8 Å². The Kier molecular flexibility index (Phi) is 6.76. The van der Waals surface area contributed by atoms with Gasteiger partial charge < -0.3 is 15.1 Å². The van der Waals surface area contributed by atoms with Crippen molar-refractivity contribution in [2.24, 2.45) is 11.8 Å². The number of likely N-dealkylation sites (tertiary alicyclic amines) is 1. The van der Waals surface area contributed by atoms with Crippen molar-refractivity contribution in [3.05, 3.63) is 35.9 Å². The molecule has 2 aliphatic heterocycles. The number of piperazine rings is 1. The third-order valence-electron chi connectivity index (χ3n) is 5.91. The number of benzene rings is 1. The fraction of sp³-hybridized carbons (Fsp3) is 0.652. The molecular weight excluding hydrogens is 350 g/mol. The van der Waals surface area contributed by atoms with Gasteiger partial charge in [-0.25, -0.2) is 0 Å². The van der Waals surface area contributed by atoms with Gasteiger partial charge in [0.2, 0.25) is 11.8 Å². The number of rotatable bonds is 6. The van der Waals surface area contributed by atoms with E-state index in [2.05, 4.69) is 45.1 Å². The highest BCUT2D eigenvalue weighted by atomic mass is 16.2. The Morgan fingerprint density at radius 2 is 1.79 bits per heavy atom. The van der Waals surface area contributed by atoms with Crippen molar-refractivity contribution in [3.8, 4) is 0 Å². The van der Waals surface area contributed by atoms with Crippen LogP contribution in [0.15, 0.2) is 30.3 Å². The molecule has 0 spiro atoms. The molecule has 0 aromatic heterocycles. The topological polar surface area (TPSA) is 52.7 Å². The lowest BCUT2D eigenvalue weighted by Gasteiger charge is -2.39. The highest BCUT2D eigenvalue weighted by molar-refractivity contribution is 5.90. The second-order valence-corrected chi connectivity index (χ2v) is 9.06. The van der Waals surface area contributed by atoms with E-state index < -0.39 is 6.04 Å². The maximum atomic E-state index is 13.6. The second-order valence-electron chi connectivity index (χ2n) is 9.06. The van der Waals surface area contributed by atoms with Crippen molar-refractivity contribution < 1.29 is 9.59 Å². The molecule has 2 aliphatic rings. The molecule has 4 unspecified atom stereocenters. The number of carbonyl (C=O) groups excluding carboxylic acids is 2. The van der Waals surface area contributed by atoms with Gasteiger partial charge in [0.25, 0.3) is 0 Å². The summed E-state index contributed by atoms with van der Waals surface area (Å²) in [5.41, 5.74) is 1.11. The van der Waals surface area contributed by atoms with E-state index in [1.54, 1.807) is 0 Å². The van der Waals surface area contributed by atoms with Crippen molar-refractivity contribution in [1.29, 1.82) is 0 Å². The SMILES string of the molecule is CC(C)CC1CCN(C(Cc2ccccc2)C(=O)N2CC(C)NC(C)C2)C1=O. The Morgan fingerprint density at radius 1 is 1.14 bits per heavy atom. The van der Waals surface area contributed by atoms with Crippen LogP contribution in [0.2, 0.25) is 0 Å². The van der Waals surface area contributed by atoms with Crippen molar-refractivity contribution in [2.75, 3.05) is 19.6 Å². The maximum absolute atomic E-state index is 13.6. The highest BCUT2D eigenvalue weighted by Gasteiger charge is 2.41. The molecule has 4 atom stereocenters. The molecule has 1 aromatic rings. The van der Waals surface area contributed by atoms with Crippen LogP contribution in [-0.4, -0.2) is 59.4 Å². The zero-order valence-corrected chi connectivity index (χ0v) is 17.7. The number of hydrogen-bond acceptors (Lipinski definition) is 3. The van der Waals surface area contributed by atoms with Gasteiger partial charge in [-0.2, -0.15) is 0 Å². The average molecular weight is 386 g/mol. The molecule has 0 bridgehead atoms. The average Bonchev–Trinajstić information content (AvgIpc) is 2.99. The molecule has 2 fully saturated rings. The molecule has 2 amide bonds. The van der Waals surface area contributed by atoms with Crippen LogP contribution in [0.4, 0.5) is 0 Å². The van der Waals surface area contributed by atoms with E-state index in [4.69, 9.17) is 0 Å². The van der Waals surface area contributed by atoms with Crippen LogP contribution < -0.4 is 5.32 Å². The Labute approximate surface area is 169 Å². The molecule has 1 aromatic carbocycles. The largest absolute Gasteiger partial charge is 0.338 e. The summed E-state index contributed by atoms with van der Waals surface area (Å²) in [5, 5.41) is 3.49. The van der Waals surface area contributed by atoms with Crippen LogP contribution in [0.5, 0.6) is 0 Å². The summed E-state index contributed by atoms with van der Waals surface area (Å²) in [6.07, 6.45) is 2.36. The Bertz CT molecular complexity index is 666. The Balaban J connectivity index is 1.81. The molecule has 154 valence electrons. The third-order valence-corrected chi connectivity index (χ3v) is 5.91. The van der Waals surface area contributed by atoms with Gasteiger partial charge in [-0.15, -0.1) is 0 Å². The molecule has 3 rings (SSSR count). The smallest absolute Gasteiger partial charge is 0.245 e. The van der Waals surface area contributed by atoms with Crippen molar-refractivity contribution in [3.63, 3.8) is 0 Å². The van der Waals surface area contributed by atoms with E-state index in [1.165, 1.54) is 0 Å².